The molecule has 0 saturated heterocycles. The first-order valence-electron chi connectivity index (χ1n) is 7.24. The van der Waals surface area contributed by atoms with E-state index in [4.69, 9.17) is 5.73 Å². The molecule has 1 heterocycles. The molecule has 3 nitrogen and oxygen atoms in total. The van der Waals surface area contributed by atoms with Crippen molar-refractivity contribution in [3.63, 3.8) is 0 Å². The van der Waals surface area contributed by atoms with E-state index in [-0.39, 0.29) is 24.8 Å². The van der Waals surface area contributed by atoms with Gasteiger partial charge in [-0.05, 0) is 38.5 Å². The minimum atomic E-state index is -4.04. The van der Waals surface area contributed by atoms with Gasteiger partial charge in [-0.2, -0.15) is 18.3 Å². The summed E-state index contributed by atoms with van der Waals surface area (Å²) in [7, 11) is 0. The number of nitrogen functional groups attached to an aromatic ring is 1. The van der Waals surface area contributed by atoms with Gasteiger partial charge in [0, 0.05) is 6.20 Å². The van der Waals surface area contributed by atoms with Gasteiger partial charge in [-0.15, -0.1) is 0 Å². The highest BCUT2D eigenvalue weighted by Crippen LogP contribution is 2.42. The van der Waals surface area contributed by atoms with E-state index in [1.165, 1.54) is 0 Å². The fraction of sp³-hybridized carbons (Fsp3) is 0.786. The lowest BCUT2D eigenvalue weighted by molar-refractivity contribution is -0.184. The molecule has 1 aromatic rings. The molecule has 1 saturated carbocycles. The fourth-order valence-corrected chi connectivity index (χ4v) is 2.72. The van der Waals surface area contributed by atoms with Gasteiger partial charge in [0.2, 0.25) is 0 Å². The first kappa shape index (κ1) is 16.9. The highest BCUT2D eigenvalue weighted by atomic mass is 19.4. The van der Waals surface area contributed by atoms with Crippen molar-refractivity contribution in [2.75, 3.05) is 5.73 Å². The van der Waals surface area contributed by atoms with Crippen molar-refractivity contribution in [2.24, 2.45) is 11.8 Å². The van der Waals surface area contributed by atoms with E-state index in [2.05, 4.69) is 5.10 Å². The number of nitrogens with two attached hydrogens (primary N) is 1. The molecule has 0 amide bonds. The van der Waals surface area contributed by atoms with E-state index in [9.17, 15) is 13.2 Å². The maximum Gasteiger partial charge on any atom is 0.391 e. The van der Waals surface area contributed by atoms with E-state index in [0.717, 1.165) is 0 Å². The van der Waals surface area contributed by atoms with Gasteiger partial charge in [-0.3, -0.25) is 4.68 Å². The lowest BCUT2D eigenvalue weighted by Gasteiger charge is -2.33. The normalized spacial score (nSPS) is 24.7. The molecule has 1 aliphatic rings. The van der Waals surface area contributed by atoms with Gasteiger partial charge < -0.3 is 5.73 Å². The van der Waals surface area contributed by atoms with E-state index >= 15 is 0 Å². The Morgan fingerprint density at radius 1 is 1.25 bits per heavy atom. The molecular weight excluding hydrogens is 267 g/mol. The number of halogens is 3. The Kier molecular flexibility index (Phi) is 5.89. The van der Waals surface area contributed by atoms with Crippen LogP contribution in [0.1, 0.15) is 52.5 Å². The Labute approximate surface area is 118 Å². The predicted octanol–water partition coefficient (Wildman–Crippen LogP) is 4.42. The zero-order valence-corrected chi connectivity index (χ0v) is 12.3. The third-order valence-electron chi connectivity index (χ3n) is 3.96. The smallest absolute Gasteiger partial charge is 0.391 e. The molecule has 1 unspecified atom stereocenters. The highest BCUT2D eigenvalue weighted by molar-refractivity contribution is 5.30. The lowest BCUT2D eigenvalue weighted by atomic mass is 9.78. The predicted molar refractivity (Wildman–Crippen MR) is 74.2 cm³/mol. The minimum Gasteiger partial charge on any atom is -0.396 e. The van der Waals surface area contributed by atoms with Crippen molar-refractivity contribution in [3.05, 3.63) is 12.4 Å². The Balaban J connectivity index is 0.000000956. The summed E-state index contributed by atoms with van der Waals surface area (Å²) < 4.78 is 39.4. The van der Waals surface area contributed by atoms with Crippen molar-refractivity contribution in [1.82, 2.24) is 9.78 Å². The first-order valence-corrected chi connectivity index (χ1v) is 7.24. The number of rotatable bonds is 2. The summed E-state index contributed by atoms with van der Waals surface area (Å²) in [5, 5.41) is 4.13. The van der Waals surface area contributed by atoms with Crippen LogP contribution in [0.25, 0.3) is 0 Å². The Morgan fingerprint density at radius 2 is 1.80 bits per heavy atom. The Bertz CT molecular complexity index is 393. The number of nitrogens with zero attached hydrogens (tertiary/aromatic N) is 2. The summed E-state index contributed by atoms with van der Waals surface area (Å²) in [5.74, 6) is -0.869. The van der Waals surface area contributed by atoms with Crippen LogP contribution < -0.4 is 5.73 Å². The standard InChI is InChI=1S/C12H18F3N3.C2H6/c1-8(18-7-11(16)6-17-18)9-2-4-10(5-3-9)12(13,14)15;1-2/h6-10H,2-5,16H2,1H3;1-2H3. The maximum atomic E-state index is 12.6. The molecule has 1 atom stereocenters. The van der Waals surface area contributed by atoms with Crippen molar-refractivity contribution < 1.29 is 13.2 Å². The van der Waals surface area contributed by atoms with Crippen molar-refractivity contribution in [1.29, 1.82) is 0 Å². The van der Waals surface area contributed by atoms with E-state index < -0.39 is 12.1 Å². The van der Waals surface area contributed by atoms with Crippen LogP contribution in [0.4, 0.5) is 18.9 Å². The van der Waals surface area contributed by atoms with Crippen LogP contribution in [-0.4, -0.2) is 16.0 Å². The van der Waals surface area contributed by atoms with Gasteiger partial charge in [0.15, 0.2) is 0 Å². The van der Waals surface area contributed by atoms with Gasteiger partial charge in [0.05, 0.1) is 23.8 Å². The highest BCUT2D eigenvalue weighted by Gasteiger charge is 2.42. The summed E-state index contributed by atoms with van der Waals surface area (Å²) >= 11 is 0. The van der Waals surface area contributed by atoms with Crippen LogP contribution >= 0.6 is 0 Å². The van der Waals surface area contributed by atoms with Gasteiger partial charge in [-0.1, -0.05) is 13.8 Å². The number of hydrogen-bond acceptors (Lipinski definition) is 2. The van der Waals surface area contributed by atoms with Crippen molar-refractivity contribution in [3.8, 4) is 0 Å². The maximum absolute atomic E-state index is 12.6. The molecule has 20 heavy (non-hydrogen) atoms. The molecule has 1 aromatic heterocycles. The molecule has 0 radical (unpaired) electrons. The second-order valence-corrected chi connectivity index (χ2v) is 5.15. The molecule has 6 heteroatoms. The van der Waals surface area contributed by atoms with Crippen molar-refractivity contribution in [2.45, 2.75) is 58.7 Å². The minimum absolute atomic E-state index is 0.108. The zero-order chi connectivity index (χ0) is 15.3. The largest absolute Gasteiger partial charge is 0.396 e. The fourth-order valence-electron chi connectivity index (χ4n) is 2.72. The summed E-state index contributed by atoms with van der Waals surface area (Å²) in [6.45, 7) is 5.99. The molecule has 1 fully saturated rings. The monoisotopic (exact) mass is 291 g/mol. The molecule has 0 bridgehead atoms. The molecule has 1 aliphatic carbocycles. The second-order valence-electron chi connectivity index (χ2n) is 5.15. The summed E-state index contributed by atoms with van der Waals surface area (Å²) in [6, 6.07) is 0.108. The molecule has 0 aromatic carbocycles. The average molecular weight is 291 g/mol. The van der Waals surface area contributed by atoms with Crippen LogP contribution in [0.15, 0.2) is 12.4 Å². The quantitative estimate of drug-likeness (QED) is 0.876. The topological polar surface area (TPSA) is 43.8 Å². The molecule has 0 aliphatic heterocycles. The number of aromatic nitrogens is 2. The summed E-state index contributed by atoms with van der Waals surface area (Å²) in [4.78, 5) is 0. The number of hydrogen-bond donors (Lipinski definition) is 1. The number of alkyl halides is 3. The molecule has 2 rings (SSSR count). The molecule has 2 N–H and O–H groups in total. The van der Waals surface area contributed by atoms with Crippen LogP contribution in [-0.2, 0) is 0 Å². The molecular formula is C14H24F3N3. The van der Waals surface area contributed by atoms with Crippen LogP contribution in [0.3, 0.4) is 0 Å². The first-order chi connectivity index (χ1) is 9.38. The second kappa shape index (κ2) is 6.99. The van der Waals surface area contributed by atoms with Gasteiger partial charge in [0.1, 0.15) is 0 Å². The van der Waals surface area contributed by atoms with Gasteiger partial charge >= 0.3 is 6.18 Å². The lowest BCUT2D eigenvalue weighted by Crippen LogP contribution is -2.30. The molecule has 116 valence electrons. The SMILES string of the molecule is CC.CC(C1CCC(C(F)(F)F)CC1)n1cc(N)cn1. The zero-order valence-electron chi connectivity index (χ0n) is 12.3. The Hall–Kier alpha value is -1.20. The van der Waals surface area contributed by atoms with E-state index in [1.807, 2.05) is 20.8 Å². The van der Waals surface area contributed by atoms with Crippen molar-refractivity contribution >= 4 is 5.69 Å². The van der Waals surface area contributed by atoms with Gasteiger partial charge in [-0.25, -0.2) is 0 Å². The molecule has 0 spiro atoms. The van der Waals surface area contributed by atoms with E-state index in [1.54, 1.807) is 17.1 Å². The van der Waals surface area contributed by atoms with Crippen LogP contribution in [0, 0.1) is 11.8 Å². The van der Waals surface area contributed by atoms with E-state index in [0.29, 0.717) is 18.5 Å². The van der Waals surface area contributed by atoms with Crippen LogP contribution in [0.2, 0.25) is 0 Å². The van der Waals surface area contributed by atoms with Gasteiger partial charge in [0.25, 0.3) is 0 Å². The average Bonchev–Trinajstić information content (AvgIpc) is 2.86. The summed E-state index contributed by atoms with van der Waals surface area (Å²) in [6.07, 6.45) is 0.934. The third kappa shape index (κ3) is 4.15. The Morgan fingerprint density at radius 3 is 2.20 bits per heavy atom. The van der Waals surface area contributed by atoms with Crippen LogP contribution in [0.5, 0.6) is 0 Å². The summed E-state index contributed by atoms with van der Waals surface area (Å²) in [5.41, 5.74) is 6.18. The number of anilines is 1. The third-order valence-corrected chi connectivity index (χ3v) is 3.96.